The normalized spacial score (nSPS) is 27.8. The largest absolute Gasteiger partial charge is 0.481 e. The maximum absolute atomic E-state index is 11.8. The van der Waals surface area contributed by atoms with E-state index in [1.54, 1.807) is 6.92 Å². The van der Waals surface area contributed by atoms with Crippen molar-refractivity contribution >= 4 is 11.9 Å². The Kier molecular flexibility index (Phi) is 6.12. The Morgan fingerprint density at radius 1 is 1.22 bits per heavy atom. The van der Waals surface area contributed by atoms with Gasteiger partial charge < -0.3 is 14.6 Å². The highest BCUT2D eigenvalue weighted by Crippen LogP contribution is 2.33. The molecule has 1 saturated carbocycles. The maximum atomic E-state index is 11.8. The minimum Gasteiger partial charge on any atom is -0.481 e. The number of carboxylic acid groups (broad SMARTS) is 1. The summed E-state index contributed by atoms with van der Waals surface area (Å²) < 4.78 is 10.6. The molecule has 0 aromatic heterocycles. The van der Waals surface area contributed by atoms with E-state index in [-0.39, 0.29) is 30.3 Å². The first-order valence-electron chi connectivity index (χ1n) is 6.58. The zero-order valence-corrected chi connectivity index (χ0v) is 11.1. The molecule has 0 saturated heterocycles. The number of esters is 1. The molecule has 1 aliphatic rings. The van der Waals surface area contributed by atoms with Crippen molar-refractivity contribution in [2.45, 2.75) is 45.6 Å². The number of carbonyl (C=O) groups excluding carboxylic acids is 1. The fourth-order valence-electron chi connectivity index (χ4n) is 2.56. The third kappa shape index (κ3) is 4.29. The van der Waals surface area contributed by atoms with Gasteiger partial charge in [0, 0.05) is 13.0 Å². The molecule has 0 amide bonds. The molecule has 1 fully saturated rings. The second-order valence-corrected chi connectivity index (χ2v) is 4.63. The monoisotopic (exact) mass is 258 g/mol. The van der Waals surface area contributed by atoms with Crippen molar-refractivity contribution in [2.75, 3.05) is 13.2 Å². The molecule has 0 aliphatic heterocycles. The lowest BCUT2D eigenvalue weighted by Gasteiger charge is -2.33. The Hall–Kier alpha value is -1.10. The average molecular weight is 258 g/mol. The molecule has 0 spiro atoms. The van der Waals surface area contributed by atoms with E-state index >= 15 is 0 Å². The number of hydrogen-bond acceptors (Lipinski definition) is 4. The molecule has 5 heteroatoms. The zero-order valence-electron chi connectivity index (χ0n) is 11.1. The topological polar surface area (TPSA) is 72.8 Å². The first-order chi connectivity index (χ1) is 8.58. The molecular formula is C13H22O5. The molecule has 0 heterocycles. The standard InChI is InChI=1S/C13H22O5/c1-3-17-11-7-9(8-12(14)15)5-6-10(11)13(16)18-4-2/h9-11H,3-8H2,1-2H3,(H,14,15). The van der Waals surface area contributed by atoms with E-state index in [0.29, 0.717) is 26.1 Å². The molecule has 5 nitrogen and oxygen atoms in total. The van der Waals surface area contributed by atoms with Crippen LogP contribution in [0.1, 0.15) is 39.5 Å². The Bertz CT molecular complexity index is 289. The molecule has 3 atom stereocenters. The summed E-state index contributed by atoms with van der Waals surface area (Å²) in [5, 5.41) is 8.81. The molecule has 0 radical (unpaired) electrons. The van der Waals surface area contributed by atoms with Gasteiger partial charge in [0.15, 0.2) is 0 Å². The summed E-state index contributed by atoms with van der Waals surface area (Å²) in [6, 6.07) is 0. The van der Waals surface area contributed by atoms with Crippen molar-refractivity contribution in [1.29, 1.82) is 0 Å². The first kappa shape index (κ1) is 15.0. The number of carboxylic acids is 1. The van der Waals surface area contributed by atoms with Gasteiger partial charge in [-0.15, -0.1) is 0 Å². The van der Waals surface area contributed by atoms with Crippen molar-refractivity contribution < 1.29 is 24.2 Å². The minimum absolute atomic E-state index is 0.102. The molecule has 3 unspecified atom stereocenters. The van der Waals surface area contributed by atoms with E-state index in [9.17, 15) is 9.59 Å². The van der Waals surface area contributed by atoms with Crippen LogP contribution in [0, 0.1) is 11.8 Å². The zero-order chi connectivity index (χ0) is 13.5. The predicted molar refractivity (Wildman–Crippen MR) is 65.1 cm³/mol. The van der Waals surface area contributed by atoms with E-state index in [1.165, 1.54) is 0 Å². The van der Waals surface area contributed by atoms with Gasteiger partial charge in [0.25, 0.3) is 0 Å². The Morgan fingerprint density at radius 3 is 2.50 bits per heavy atom. The van der Waals surface area contributed by atoms with Crippen LogP contribution in [0.5, 0.6) is 0 Å². The third-order valence-electron chi connectivity index (χ3n) is 3.33. The summed E-state index contributed by atoms with van der Waals surface area (Å²) in [6.07, 6.45) is 1.98. The lowest BCUT2D eigenvalue weighted by atomic mass is 9.78. The van der Waals surface area contributed by atoms with Gasteiger partial charge in [0.2, 0.25) is 0 Å². The minimum atomic E-state index is -0.787. The van der Waals surface area contributed by atoms with Crippen LogP contribution in [0.15, 0.2) is 0 Å². The molecule has 104 valence electrons. The van der Waals surface area contributed by atoms with Crippen LogP contribution in [0.25, 0.3) is 0 Å². The van der Waals surface area contributed by atoms with E-state index in [0.717, 1.165) is 6.42 Å². The van der Waals surface area contributed by atoms with Gasteiger partial charge in [0.05, 0.1) is 18.6 Å². The van der Waals surface area contributed by atoms with Gasteiger partial charge in [-0.2, -0.15) is 0 Å². The lowest BCUT2D eigenvalue weighted by Crippen LogP contribution is -2.38. The SMILES string of the molecule is CCOC(=O)C1CCC(CC(=O)O)CC1OCC. The van der Waals surface area contributed by atoms with Crippen LogP contribution in [0.4, 0.5) is 0 Å². The fraction of sp³-hybridized carbons (Fsp3) is 0.846. The van der Waals surface area contributed by atoms with E-state index in [2.05, 4.69) is 0 Å². The average Bonchev–Trinajstić information content (AvgIpc) is 2.29. The van der Waals surface area contributed by atoms with Crippen LogP contribution in [-0.2, 0) is 19.1 Å². The van der Waals surface area contributed by atoms with Crippen LogP contribution in [0.2, 0.25) is 0 Å². The van der Waals surface area contributed by atoms with Crippen molar-refractivity contribution in [3.63, 3.8) is 0 Å². The second-order valence-electron chi connectivity index (χ2n) is 4.63. The lowest BCUT2D eigenvalue weighted by molar-refractivity contribution is -0.157. The number of rotatable bonds is 6. The van der Waals surface area contributed by atoms with Gasteiger partial charge >= 0.3 is 11.9 Å². The van der Waals surface area contributed by atoms with Crippen molar-refractivity contribution in [3.05, 3.63) is 0 Å². The van der Waals surface area contributed by atoms with Crippen molar-refractivity contribution in [2.24, 2.45) is 11.8 Å². The van der Waals surface area contributed by atoms with Crippen molar-refractivity contribution in [1.82, 2.24) is 0 Å². The molecule has 1 aliphatic carbocycles. The summed E-state index contributed by atoms with van der Waals surface area (Å²) in [5.41, 5.74) is 0. The second kappa shape index (κ2) is 7.36. The van der Waals surface area contributed by atoms with Gasteiger partial charge in [-0.1, -0.05) is 0 Å². The first-order valence-corrected chi connectivity index (χ1v) is 6.58. The number of aliphatic carboxylic acids is 1. The summed E-state index contributed by atoms with van der Waals surface area (Å²) in [4.78, 5) is 22.5. The Morgan fingerprint density at radius 2 is 1.94 bits per heavy atom. The van der Waals surface area contributed by atoms with Gasteiger partial charge in [0.1, 0.15) is 0 Å². The smallest absolute Gasteiger partial charge is 0.311 e. The number of hydrogen-bond donors (Lipinski definition) is 1. The molecule has 0 bridgehead atoms. The molecule has 0 aromatic carbocycles. The van der Waals surface area contributed by atoms with Gasteiger partial charge in [-0.25, -0.2) is 0 Å². The number of ether oxygens (including phenoxy) is 2. The van der Waals surface area contributed by atoms with Gasteiger partial charge in [-0.05, 0) is 39.0 Å². The van der Waals surface area contributed by atoms with E-state index in [1.807, 2.05) is 6.92 Å². The third-order valence-corrected chi connectivity index (χ3v) is 3.33. The van der Waals surface area contributed by atoms with Crippen LogP contribution in [0.3, 0.4) is 0 Å². The van der Waals surface area contributed by atoms with Crippen LogP contribution >= 0.6 is 0 Å². The molecule has 1 rings (SSSR count). The Balaban J connectivity index is 2.59. The molecule has 18 heavy (non-hydrogen) atoms. The molecular weight excluding hydrogens is 236 g/mol. The van der Waals surface area contributed by atoms with Crippen LogP contribution in [-0.4, -0.2) is 36.4 Å². The highest BCUT2D eigenvalue weighted by atomic mass is 16.5. The predicted octanol–water partition coefficient (Wildman–Crippen LogP) is 1.85. The summed E-state index contributed by atoms with van der Waals surface area (Å²) in [6.45, 7) is 4.56. The highest BCUT2D eigenvalue weighted by molar-refractivity contribution is 5.73. The summed E-state index contributed by atoms with van der Waals surface area (Å²) >= 11 is 0. The quantitative estimate of drug-likeness (QED) is 0.736. The molecule has 1 N–H and O–H groups in total. The Labute approximate surface area is 107 Å². The van der Waals surface area contributed by atoms with Gasteiger partial charge in [-0.3, -0.25) is 9.59 Å². The van der Waals surface area contributed by atoms with Crippen LogP contribution < -0.4 is 0 Å². The number of carbonyl (C=O) groups is 2. The highest BCUT2D eigenvalue weighted by Gasteiger charge is 2.37. The van der Waals surface area contributed by atoms with Crippen molar-refractivity contribution in [3.8, 4) is 0 Å². The summed E-state index contributed by atoms with van der Waals surface area (Å²) in [5.74, 6) is -1.14. The molecule has 0 aromatic rings. The maximum Gasteiger partial charge on any atom is 0.311 e. The van der Waals surface area contributed by atoms with E-state index in [4.69, 9.17) is 14.6 Å². The fourth-order valence-corrected chi connectivity index (χ4v) is 2.56. The van der Waals surface area contributed by atoms with E-state index < -0.39 is 5.97 Å². The summed E-state index contributed by atoms with van der Waals surface area (Å²) in [7, 11) is 0.